The molecule has 0 bridgehead atoms. The Hall–Kier alpha value is -2.90. The lowest BCUT2D eigenvalue weighted by Crippen LogP contribution is -2.65. The number of fused-ring (bicyclic) bond motifs is 1. The molecule has 7 nitrogen and oxygen atoms in total. The first-order valence-corrected chi connectivity index (χ1v) is 10.9. The fourth-order valence-electron chi connectivity index (χ4n) is 5.28. The van der Waals surface area contributed by atoms with E-state index < -0.39 is 22.8 Å². The van der Waals surface area contributed by atoms with Crippen LogP contribution in [0.3, 0.4) is 0 Å². The van der Waals surface area contributed by atoms with E-state index in [-0.39, 0.29) is 12.5 Å². The third kappa shape index (κ3) is 4.10. The molecule has 4 N–H and O–H groups in total. The number of amides is 2. The van der Waals surface area contributed by atoms with Gasteiger partial charge in [-0.25, -0.2) is 0 Å². The van der Waals surface area contributed by atoms with Crippen LogP contribution in [0.4, 0.5) is 5.69 Å². The highest BCUT2D eigenvalue weighted by Crippen LogP contribution is 2.54. The number of hydrogen-bond acceptors (Lipinski definition) is 5. The summed E-state index contributed by atoms with van der Waals surface area (Å²) in [7, 11) is 0. The maximum Gasteiger partial charge on any atom is 0.224 e. The Balaban J connectivity index is 2.04. The van der Waals surface area contributed by atoms with Crippen LogP contribution in [0.1, 0.15) is 38.8 Å². The average molecular weight is 440 g/mol. The Kier molecular flexibility index (Phi) is 6.91. The number of benzene rings is 2. The van der Waals surface area contributed by atoms with E-state index in [0.717, 1.165) is 16.8 Å². The van der Waals surface area contributed by atoms with E-state index in [1.165, 1.54) is 6.92 Å². The van der Waals surface area contributed by atoms with Crippen LogP contribution in [0.2, 0.25) is 0 Å². The number of para-hydroxylation sites is 1. The largest absolute Gasteiger partial charge is 0.492 e. The molecule has 2 aromatic carbocycles. The number of ether oxygens (including phenoxy) is 1. The molecule has 1 aliphatic heterocycles. The number of anilines is 1. The fourth-order valence-corrected chi connectivity index (χ4v) is 5.28. The van der Waals surface area contributed by atoms with Gasteiger partial charge in [0, 0.05) is 31.1 Å². The Morgan fingerprint density at radius 1 is 1.09 bits per heavy atom. The minimum absolute atomic E-state index is 0.0905. The molecular formula is C25H33N3O4. The number of aliphatic hydroxyl groups excluding tert-OH is 1. The Morgan fingerprint density at radius 3 is 2.34 bits per heavy atom. The maximum atomic E-state index is 12.9. The van der Waals surface area contributed by atoms with Gasteiger partial charge in [0.05, 0.1) is 18.1 Å². The van der Waals surface area contributed by atoms with Crippen LogP contribution in [0.15, 0.2) is 48.5 Å². The number of carbonyl (C=O) groups is 2. The second-order valence-electron chi connectivity index (χ2n) is 8.91. The number of nitrogens with two attached hydrogens (primary N) is 1. The molecule has 7 heteroatoms. The van der Waals surface area contributed by atoms with Crippen molar-refractivity contribution in [3.8, 4) is 5.75 Å². The Labute approximate surface area is 189 Å². The molecule has 0 aromatic heterocycles. The molecular weight excluding hydrogens is 406 g/mol. The van der Waals surface area contributed by atoms with Gasteiger partial charge in [0.1, 0.15) is 12.4 Å². The first-order valence-electron chi connectivity index (χ1n) is 10.9. The van der Waals surface area contributed by atoms with Gasteiger partial charge < -0.3 is 25.8 Å². The minimum atomic E-state index is -0.825. The van der Waals surface area contributed by atoms with Crippen molar-refractivity contribution in [2.75, 3.05) is 31.2 Å². The number of nitrogens with one attached hydrogen (secondary N) is 1. The molecule has 1 heterocycles. The molecule has 32 heavy (non-hydrogen) atoms. The molecule has 0 saturated carbocycles. The second kappa shape index (κ2) is 9.30. The lowest BCUT2D eigenvalue weighted by atomic mass is 9.57. The van der Waals surface area contributed by atoms with Crippen molar-refractivity contribution >= 4 is 17.5 Å². The quantitative estimate of drug-likeness (QED) is 0.547. The second-order valence-corrected chi connectivity index (χ2v) is 8.91. The lowest BCUT2D eigenvalue weighted by Gasteiger charge is -2.55. The summed E-state index contributed by atoms with van der Waals surface area (Å²) < 4.78 is 5.77. The standard InChI is InChI=1S/C25H33N3O4/c1-17(30)28-21-8-6-5-7-20(21)25(4,22(23(26)31)24(28,2)3)18-9-11-19(12-10-18)32-16-14-27-13-15-29/h5-12,22,27,29H,13-16H2,1-4H3,(H2,26,31). The van der Waals surface area contributed by atoms with Crippen LogP contribution in [0.5, 0.6) is 5.75 Å². The van der Waals surface area contributed by atoms with Crippen molar-refractivity contribution in [3.05, 3.63) is 59.7 Å². The summed E-state index contributed by atoms with van der Waals surface area (Å²) in [5.41, 5.74) is 7.03. The van der Waals surface area contributed by atoms with Gasteiger partial charge >= 0.3 is 0 Å². The van der Waals surface area contributed by atoms with Crippen LogP contribution >= 0.6 is 0 Å². The summed E-state index contributed by atoms with van der Waals surface area (Å²) in [4.78, 5) is 27.2. The van der Waals surface area contributed by atoms with Crippen molar-refractivity contribution in [2.24, 2.45) is 11.7 Å². The summed E-state index contributed by atoms with van der Waals surface area (Å²) in [6.07, 6.45) is 0. The van der Waals surface area contributed by atoms with Crippen LogP contribution in [-0.2, 0) is 15.0 Å². The van der Waals surface area contributed by atoms with Crippen LogP contribution in [-0.4, -0.2) is 48.8 Å². The Morgan fingerprint density at radius 2 is 1.75 bits per heavy atom. The zero-order chi connectivity index (χ0) is 23.5. The van der Waals surface area contributed by atoms with Crippen molar-refractivity contribution < 1.29 is 19.4 Å². The highest BCUT2D eigenvalue weighted by atomic mass is 16.5. The first kappa shape index (κ1) is 23.8. The smallest absolute Gasteiger partial charge is 0.224 e. The molecule has 0 radical (unpaired) electrons. The SMILES string of the molecule is CC(=O)N1c2ccccc2C(C)(c2ccc(OCCNCCO)cc2)C(C(N)=O)C1(C)C. The van der Waals surface area contributed by atoms with Gasteiger partial charge in [-0.05, 0) is 43.2 Å². The van der Waals surface area contributed by atoms with E-state index in [9.17, 15) is 9.59 Å². The normalized spacial score (nSPS) is 21.7. The Bertz CT molecular complexity index is 973. The molecule has 2 unspecified atom stereocenters. The van der Waals surface area contributed by atoms with Gasteiger partial charge in [-0.2, -0.15) is 0 Å². The van der Waals surface area contributed by atoms with E-state index in [2.05, 4.69) is 5.32 Å². The van der Waals surface area contributed by atoms with E-state index in [1.54, 1.807) is 4.90 Å². The number of carbonyl (C=O) groups excluding carboxylic acids is 2. The number of primary amides is 1. The van der Waals surface area contributed by atoms with E-state index in [0.29, 0.717) is 25.4 Å². The number of hydrogen-bond donors (Lipinski definition) is 3. The fraction of sp³-hybridized carbons (Fsp3) is 0.440. The lowest BCUT2D eigenvalue weighted by molar-refractivity contribution is -0.127. The number of nitrogens with zero attached hydrogens (tertiary/aromatic N) is 1. The van der Waals surface area contributed by atoms with E-state index in [4.69, 9.17) is 15.6 Å². The monoisotopic (exact) mass is 439 g/mol. The van der Waals surface area contributed by atoms with Gasteiger partial charge in [0.25, 0.3) is 0 Å². The predicted molar refractivity (Wildman–Crippen MR) is 125 cm³/mol. The molecule has 0 saturated heterocycles. The number of rotatable bonds is 8. The van der Waals surface area contributed by atoms with Crippen LogP contribution in [0.25, 0.3) is 0 Å². The summed E-state index contributed by atoms with van der Waals surface area (Å²) in [6, 6.07) is 15.4. The zero-order valence-electron chi connectivity index (χ0n) is 19.2. The molecule has 0 spiro atoms. The first-order chi connectivity index (χ1) is 15.2. The van der Waals surface area contributed by atoms with Crippen molar-refractivity contribution in [1.82, 2.24) is 5.32 Å². The molecule has 3 rings (SSSR count). The predicted octanol–water partition coefficient (Wildman–Crippen LogP) is 2.20. The van der Waals surface area contributed by atoms with Gasteiger partial charge in [-0.15, -0.1) is 0 Å². The van der Waals surface area contributed by atoms with E-state index in [1.807, 2.05) is 69.3 Å². The van der Waals surface area contributed by atoms with Crippen molar-refractivity contribution in [2.45, 2.75) is 38.6 Å². The van der Waals surface area contributed by atoms with Gasteiger partial charge in [-0.3, -0.25) is 9.59 Å². The van der Waals surface area contributed by atoms with Crippen LogP contribution in [0, 0.1) is 5.92 Å². The molecule has 2 aromatic rings. The van der Waals surface area contributed by atoms with Crippen LogP contribution < -0.4 is 20.7 Å². The molecule has 2 atom stereocenters. The van der Waals surface area contributed by atoms with Crippen molar-refractivity contribution in [3.63, 3.8) is 0 Å². The number of aliphatic hydroxyl groups is 1. The van der Waals surface area contributed by atoms with Gasteiger partial charge in [0.2, 0.25) is 11.8 Å². The topological polar surface area (TPSA) is 105 Å². The summed E-state index contributed by atoms with van der Waals surface area (Å²) >= 11 is 0. The third-order valence-corrected chi connectivity index (χ3v) is 6.45. The molecule has 1 aliphatic rings. The van der Waals surface area contributed by atoms with Gasteiger partial charge in [-0.1, -0.05) is 37.3 Å². The molecule has 0 fully saturated rings. The van der Waals surface area contributed by atoms with Gasteiger partial charge in [0.15, 0.2) is 0 Å². The summed E-state index contributed by atoms with van der Waals surface area (Å²) in [5.74, 6) is -0.515. The summed E-state index contributed by atoms with van der Waals surface area (Å²) in [5, 5.41) is 11.9. The van der Waals surface area contributed by atoms with E-state index >= 15 is 0 Å². The average Bonchev–Trinajstić information content (AvgIpc) is 2.73. The highest BCUT2D eigenvalue weighted by Gasteiger charge is 2.57. The minimum Gasteiger partial charge on any atom is -0.492 e. The highest BCUT2D eigenvalue weighted by molar-refractivity contribution is 5.98. The molecule has 172 valence electrons. The van der Waals surface area contributed by atoms with Crippen molar-refractivity contribution in [1.29, 1.82) is 0 Å². The summed E-state index contributed by atoms with van der Waals surface area (Å²) in [6.45, 7) is 9.06. The third-order valence-electron chi connectivity index (χ3n) is 6.45. The molecule has 0 aliphatic carbocycles. The molecule has 2 amide bonds. The zero-order valence-corrected chi connectivity index (χ0v) is 19.2. The maximum absolute atomic E-state index is 12.9.